The van der Waals surface area contributed by atoms with Crippen molar-refractivity contribution >= 4 is 23.1 Å². The van der Waals surface area contributed by atoms with Crippen molar-refractivity contribution in [1.29, 1.82) is 0 Å². The maximum absolute atomic E-state index is 12.1. The van der Waals surface area contributed by atoms with E-state index in [0.717, 1.165) is 25.7 Å². The summed E-state index contributed by atoms with van der Waals surface area (Å²) in [6.45, 7) is 0.707. The van der Waals surface area contributed by atoms with Crippen molar-refractivity contribution in [3.63, 3.8) is 0 Å². The van der Waals surface area contributed by atoms with Crippen LogP contribution in [0.4, 0.5) is 0 Å². The van der Waals surface area contributed by atoms with Gasteiger partial charge in [-0.05, 0) is 37.1 Å². The molecule has 0 aromatic carbocycles. The Balaban J connectivity index is 1.82. The van der Waals surface area contributed by atoms with Crippen LogP contribution < -0.4 is 5.73 Å². The Hall–Kier alpha value is -1.56. The van der Waals surface area contributed by atoms with Gasteiger partial charge in [-0.1, -0.05) is 11.2 Å². The van der Waals surface area contributed by atoms with E-state index in [4.69, 9.17) is 10.9 Å². The topological polar surface area (TPSA) is 78.9 Å². The predicted octanol–water partition coefficient (Wildman–Crippen LogP) is 1.81. The van der Waals surface area contributed by atoms with Crippen LogP contribution in [0.15, 0.2) is 22.7 Å². The SMILES string of the molecule is NC(=NO)C1CCCN1C(=O)CCCc1cccs1. The highest BCUT2D eigenvalue weighted by Gasteiger charge is 2.31. The molecule has 5 nitrogen and oxygen atoms in total. The summed E-state index contributed by atoms with van der Waals surface area (Å²) in [5.41, 5.74) is 5.62. The first-order chi connectivity index (χ1) is 9.22. The van der Waals surface area contributed by atoms with E-state index >= 15 is 0 Å². The lowest BCUT2D eigenvalue weighted by Crippen LogP contribution is -2.43. The number of oxime groups is 1. The predicted molar refractivity (Wildman–Crippen MR) is 75.4 cm³/mol. The van der Waals surface area contributed by atoms with Gasteiger partial charge in [0.15, 0.2) is 5.84 Å². The molecule has 0 aliphatic carbocycles. The standard InChI is InChI=1S/C13H19N3O2S/c14-13(15-18)11-6-2-8-16(11)12(17)7-1-4-10-5-3-9-19-10/h3,5,9,11,18H,1-2,4,6-8H2,(H2,14,15). The summed E-state index contributed by atoms with van der Waals surface area (Å²) in [6, 6.07) is 3.89. The third-order valence-electron chi connectivity index (χ3n) is 3.42. The molecule has 0 bridgehead atoms. The van der Waals surface area contributed by atoms with E-state index in [1.807, 2.05) is 11.4 Å². The lowest BCUT2D eigenvalue weighted by Gasteiger charge is -2.23. The number of rotatable bonds is 5. The summed E-state index contributed by atoms with van der Waals surface area (Å²) in [5, 5.41) is 13.8. The van der Waals surface area contributed by atoms with Gasteiger partial charge in [0.25, 0.3) is 0 Å². The van der Waals surface area contributed by atoms with Gasteiger partial charge < -0.3 is 15.8 Å². The fourth-order valence-corrected chi connectivity index (χ4v) is 3.20. The molecule has 1 atom stereocenters. The van der Waals surface area contributed by atoms with Crippen LogP contribution in [0.2, 0.25) is 0 Å². The fourth-order valence-electron chi connectivity index (χ4n) is 2.45. The quantitative estimate of drug-likeness (QED) is 0.374. The number of thiophene rings is 1. The molecule has 1 aliphatic heterocycles. The Morgan fingerprint density at radius 3 is 3.16 bits per heavy atom. The van der Waals surface area contributed by atoms with Crippen LogP contribution in [0.3, 0.4) is 0 Å². The van der Waals surface area contributed by atoms with Crippen molar-refractivity contribution in [1.82, 2.24) is 4.90 Å². The number of carbonyl (C=O) groups excluding carboxylic acids is 1. The average Bonchev–Trinajstić information content (AvgIpc) is 3.08. The second-order valence-electron chi connectivity index (χ2n) is 4.70. The van der Waals surface area contributed by atoms with Gasteiger partial charge in [-0.3, -0.25) is 4.79 Å². The Morgan fingerprint density at radius 1 is 1.63 bits per heavy atom. The van der Waals surface area contributed by atoms with Crippen molar-refractivity contribution in [2.45, 2.75) is 38.1 Å². The number of hydrogen-bond acceptors (Lipinski definition) is 4. The number of carbonyl (C=O) groups is 1. The highest BCUT2D eigenvalue weighted by molar-refractivity contribution is 7.09. The van der Waals surface area contributed by atoms with E-state index in [2.05, 4.69) is 11.2 Å². The summed E-state index contributed by atoms with van der Waals surface area (Å²) in [5.74, 6) is 0.245. The van der Waals surface area contributed by atoms with E-state index in [-0.39, 0.29) is 17.8 Å². The zero-order valence-corrected chi connectivity index (χ0v) is 11.6. The van der Waals surface area contributed by atoms with E-state index < -0.39 is 0 Å². The highest BCUT2D eigenvalue weighted by atomic mass is 32.1. The second-order valence-corrected chi connectivity index (χ2v) is 5.74. The van der Waals surface area contributed by atoms with Gasteiger partial charge in [-0.2, -0.15) is 0 Å². The summed E-state index contributed by atoms with van der Waals surface area (Å²) in [7, 11) is 0. The van der Waals surface area contributed by atoms with E-state index in [9.17, 15) is 4.79 Å². The lowest BCUT2D eigenvalue weighted by molar-refractivity contribution is -0.131. The Kier molecular flexibility index (Phi) is 4.79. The summed E-state index contributed by atoms with van der Waals surface area (Å²) in [6.07, 6.45) is 4.00. The molecule has 2 rings (SSSR count). The van der Waals surface area contributed by atoms with Crippen molar-refractivity contribution in [2.24, 2.45) is 10.9 Å². The molecule has 19 heavy (non-hydrogen) atoms. The van der Waals surface area contributed by atoms with Gasteiger partial charge in [-0.15, -0.1) is 11.3 Å². The first kappa shape index (κ1) is 13.9. The highest BCUT2D eigenvalue weighted by Crippen LogP contribution is 2.20. The molecule has 3 N–H and O–H groups in total. The van der Waals surface area contributed by atoms with Crippen LogP contribution in [-0.2, 0) is 11.2 Å². The minimum Gasteiger partial charge on any atom is -0.409 e. The number of nitrogens with zero attached hydrogens (tertiary/aromatic N) is 2. The van der Waals surface area contributed by atoms with Gasteiger partial charge in [0.2, 0.25) is 5.91 Å². The fraction of sp³-hybridized carbons (Fsp3) is 0.538. The zero-order chi connectivity index (χ0) is 13.7. The molecular weight excluding hydrogens is 262 g/mol. The average molecular weight is 281 g/mol. The van der Waals surface area contributed by atoms with Crippen LogP contribution in [0.1, 0.15) is 30.6 Å². The Bertz CT molecular complexity index is 445. The van der Waals surface area contributed by atoms with Gasteiger partial charge in [0.1, 0.15) is 0 Å². The maximum Gasteiger partial charge on any atom is 0.223 e. The molecule has 1 aromatic heterocycles. The molecule has 1 aromatic rings. The first-order valence-corrected chi connectivity index (χ1v) is 7.39. The van der Waals surface area contributed by atoms with Gasteiger partial charge in [0.05, 0.1) is 6.04 Å². The summed E-state index contributed by atoms with van der Waals surface area (Å²) >= 11 is 1.72. The number of likely N-dealkylation sites (tertiary alicyclic amines) is 1. The monoisotopic (exact) mass is 281 g/mol. The summed E-state index contributed by atoms with van der Waals surface area (Å²) < 4.78 is 0. The van der Waals surface area contributed by atoms with Gasteiger partial charge >= 0.3 is 0 Å². The number of aryl methyl sites for hydroxylation is 1. The van der Waals surface area contributed by atoms with E-state index in [1.54, 1.807) is 16.2 Å². The smallest absolute Gasteiger partial charge is 0.223 e. The molecule has 1 aliphatic rings. The molecule has 0 saturated carbocycles. The third-order valence-corrected chi connectivity index (χ3v) is 4.36. The lowest BCUT2D eigenvalue weighted by atomic mass is 10.1. The molecular formula is C13H19N3O2S. The largest absolute Gasteiger partial charge is 0.409 e. The molecule has 0 spiro atoms. The van der Waals surface area contributed by atoms with Crippen LogP contribution >= 0.6 is 11.3 Å². The van der Waals surface area contributed by atoms with Crippen molar-refractivity contribution in [3.8, 4) is 0 Å². The normalized spacial score (nSPS) is 19.9. The van der Waals surface area contributed by atoms with Gasteiger partial charge in [-0.25, -0.2) is 0 Å². The van der Waals surface area contributed by atoms with Crippen LogP contribution in [0.5, 0.6) is 0 Å². The second kappa shape index (κ2) is 6.56. The molecule has 1 amide bonds. The number of hydrogen-bond donors (Lipinski definition) is 2. The molecule has 1 saturated heterocycles. The van der Waals surface area contributed by atoms with E-state index in [1.165, 1.54) is 4.88 Å². The number of nitrogens with two attached hydrogens (primary N) is 1. The minimum atomic E-state index is -0.223. The molecule has 1 fully saturated rings. The van der Waals surface area contributed by atoms with Crippen molar-refractivity contribution < 1.29 is 10.0 Å². The Labute approximate surface area is 116 Å². The van der Waals surface area contributed by atoms with Crippen LogP contribution in [0.25, 0.3) is 0 Å². The third kappa shape index (κ3) is 3.47. The van der Waals surface area contributed by atoms with Crippen molar-refractivity contribution in [3.05, 3.63) is 22.4 Å². The molecule has 6 heteroatoms. The van der Waals surface area contributed by atoms with Crippen LogP contribution in [0, 0.1) is 0 Å². The summed E-state index contributed by atoms with van der Waals surface area (Å²) in [4.78, 5) is 15.2. The van der Waals surface area contributed by atoms with E-state index in [0.29, 0.717) is 13.0 Å². The van der Waals surface area contributed by atoms with Crippen LogP contribution in [-0.4, -0.2) is 34.4 Å². The number of amides is 1. The first-order valence-electron chi connectivity index (χ1n) is 6.51. The molecule has 104 valence electrons. The maximum atomic E-state index is 12.1. The zero-order valence-electron chi connectivity index (χ0n) is 10.8. The number of amidine groups is 1. The molecule has 2 heterocycles. The molecule has 0 radical (unpaired) electrons. The van der Waals surface area contributed by atoms with Crippen molar-refractivity contribution in [2.75, 3.05) is 6.54 Å². The molecule has 1 unspecified atom stereocenters. The van der Waals surface area contributed by atoms with Gasteiger partial charge in [0, 0.05) is 17.8 Å². The minimum absolute atomic E-state index is 0.102. The Morgan fingerprint density at radius 2 is 2.47 bits per heavy atom.